The van der Waals surface area contributed by atoms with Crippen molar-refractivity contribution in [3.63, 3.8) is 0 Å². The van der Waals surface area contributed by atoms with Gasteiger partial charge >= 0.3 is 0 Å². The molecule has 35 heavy (non-hydrogen) atoms. The number of rotatable bonds is 6. The summed E-state index contributed by atoms with van der Waals surface area (Å²) in [6.45, 7) is 1.93. The lowest BCUT2D eigenvalue weighted by Crippen LogP contribution is -2.31. The first-order valence-electron chi connectivity index (χ1n) is 11.0. The number of methoxy groups -OCH3 is 2. The molecule has 5 rings (SSSR count). The summed E-state index contributed by atoms with van der Waals surface area (Å²) in [7, 11) is 3.07. The Balaban J connectivity index is 1.65. The highest BCUT2D eigenvalue weighted by Crippen LogP contribution is 2.43. The number of furan rings is 1. The van der Waals surface area contributed by atoms with Crippen molar-refractivity contribution in [1.82, 2.24) is 0 Å². The van der Waals surface area contributed by atoms with E-state index in [2.05, 4.69) is 0 Å². The zero-order chi connectivity index (χ0) is 24.7. The highest BCUT2D eigenvalue weighted by molar-refractivity contribution is 6.20. The zero-order valence-corrected chi connectivity index (χ0v) is 19.4. The van der Waals surface area contributed by atoms with E-state index in [1.807, 2.05) is 31.2 Å². The van der Waals surface area contributed by atoms with Crippen LogP contribution in [0.2, 0.25) is 0 Å². The molecule has 0 radical (unpaired) electrons. The van der Waals surface area contributed by atoms with E-state index in [4.69, 9.17) is 13.9 Å². The molecule has 1 aliphatic rings. The van der Waals surface area contributed by atoms with Gasteiger partial charge in [-0.05, 0) is 48.9 Å². The molecule has 7 heteroatoms. The Morgan fingerprint density at radius 3 is 2.40 bits per heavy atom. The summed E-state index contributed by atoms with van der Waals surface area (Å²) in [4.78, 5) is 28.5. The number of ketones is 1. The van der Waals surface area contributed by atoms with Gasteiger partial charge in [0.1, 0.15) is 5.75 Å². The highest BCUT2D eigenvalue weighted by atomic mass is 16.5. The quantitative estimate of drug-likeness (QED) is 0.373. The number of ether oxygens (including phenoxy) is 2. The zero-order valence-electron chi connectivity index (χ0n) is 19.4. The summed E-state index contributed by atoms with van der Waals surface area (Å²) in [5.41, 5.74) is 2.53. The van der Waals surface area contributed by atoms with Gasteiger partial charge in [0, 0.05) is 11.1 Å². The van der Waals surface area contributed by atoms with Crippen molar-refractivity contribution < 1.29 is 28.6 Å². The van der Waals surface area contributed by atoms with Crippen molar-refractivity contribution in [1.29, 1.82) is 0 Å². The topological polar surface area (TPSA) is 89.2 Å². The molecule has 0 fully saturated rings. The van der Waals surface area contributed by atoms with E-state index in [1.165, 1.54) is 12.0 Å². The van der Waals surface area contributed by atoms with Crippen LogP contribution >= 0.6 is 0 Å². The number of aliphatic hydroxyl groups excluding tert-OH is 1. The molecule has 0 saturated heterocycles. The van der Waals surface area contributed by atoms with Gasteiger partial charge in [0.05, 0.1) is 25.8 Å². The number of nitrogens with zero attached hydrogens (tertiary/aromatic N) is 1. The number of aryl methyl sites for hydroxylation is 1. The van der Waals surface area contributed by atoms with E-state index in [0.29, 0.717) is 33.7 Å². The average molecular weight is 469 g/mol. The van der Waals surface area contributed by atoms with Gasteiger partial charge in [0.25, 0.3) is 5.91 Å². The van der Waals surface area contributed by atoms with Gasteiger partial charge < -0.3 is 19.0 Å². The Kier molecular flexibility index (Phi) is 5.53. The van der Waals surface area contributed by atoms with Crippen LogP contribution in [0.3, 0.4) is 0 Å². The first-order valence-corrected chi connectivity index (χ1v) is 11.0. The summed E-state index contributed by atoms with van der Waals surface area (Å²) >= 11 is 0. The molecule has 4 aromatic rings. The van der Waals surface area contributed by atoms with Crippen molar-refractivity contribution in [3.8, 4) is 11.5 Å². The molecule has 3 aromatic carbocycles. The fourth-order valence-corrected chi connectivity index (χ4v) is 4.44. The molecule has 1 aliphatic heterocycles. The standard InChI is InChI=1S/C28H23NO6/c1-16-6-4-7-17(14-16)24-23(25(30)22-15-18-8-5-9-21(34-3)27(18)35-22)26(31)28(32)29(24)19-10-12-20(33-2)13-11-19/h4-15,24,31H,1-3H3. The molecule has 1 unspecified atom stereocenters. The summed E-state index contributed by atoms with van der Waals surface area (Å²) < 4.78 is 16.4. The van der Waals surface area contributed by atoms with E-state index in [1.54, 1.807) is 55.6 Å². The maximum absolute atomic E-state index is 13.8. The molecule has 176 valence electrons. The van der Waals surface area contributed by atoms with Crippen LogP contribution in [0, 0.1) is 6.92 Å². The lowest BCUT2D eigenvalue weighted by atomic mass is 9.94. The first-order chi connectivity index (χ1) is 16.9. The molecule has 2 heterocycles. The molecule has 0 aliphatic carbocycles. The van der Waals surface area contributed by atoms with Crippen molar-refractivity contribution in [2.75, 3.05) is 19.1 Å². The van der Waals surface area contributed by atoms with E-state index in [9.17, 15) is 14.7 Å². The van der Waals surface area contributed by atoms with Gasteiger partial charge in [-0.25, -0.2) is 0 Å². The number of amides is 1. The number of hydrogen-bond donors (Lipinski definition) is 1. The molecule has 1 N–H and O–H groups in total. The second kappa shape index (κ2) is 8.68. The molecule has 7 nitrogen and oxygen atoms in total. The third-order valence-corrected chi connectivity index (χ3v) is 6.11. The fourth-order valence-electron chi connectivity index (χ4n) is 4.44. The van der Waals surface area contributed by atoms with E-state index in [-0.39, 0.29) is 11.3 Å². The van der Waals surface area contributed by atoms with Crippen LogP contribution in [0.4, 0.5) is 5.69 Å². The van der Waals surface area contributed by atoms with Crippen LogP contribution in [0.15, 0.2) is 88.5 Å². The SMILES string of the molecule is COc1ccc(N2C(=O)C(O)=C(C(=O)c3cc4cccc(OC)c4o3)C2c2cccc(C)c2)cc1. The Bertz CT molecular complexity index is 1480. The van der Waals surface area contributed by atoms with E-state index >= 15 is 0 Å². The predicted octanol–water partition coefficient (Wildman–Crippen LogP) is 5.54. The second-order valence-electron chi connectivity index (χ2n) is 8.27. The molecular formula is C28H23NO6. The van der Waals surface area contributed by atoms with E-state index in [0.717, 1.165) is 5.56 Å². The number of anilines is 1. The van der Waals surface area contributed by atoms with Crippen LogP contribution < -0.4 is 14.4 Å². The molecular weight excluding hydrogens is 446 g/mol. The molecule has 0 saturated carbocycles. The monoisotopic (exact) mass is 469 g/mol. The smallest absolute Gasteiger partial charge is 0.294 e. The first kappa shape index (κ1) is 22.3. The minimum absolute atomic E-state index is 0.00749. The third kappa shape index (κ3) is 3.71. The van der Waals surface area contributed by atoms with Crippen molar-refractivity contribution in [2.45, 2.75) is 13.0 Å². The number of Topliss-reactive ketones (excluding diaryl/α,β-unsaturated/α-hetero) is 1. The molecule has 1 aromatic heterocycles. The lowest BCUT2D eigenvalue weighted by molar-refractivity contribution is -0.117. The normalized spacial score (nSPS) is 15.7. The molecule has 0 spiro atoms. The summed E-state index contributed by atoms with van der Waals surface area (Å²) in [6, 6.07) is 20.4. The van der Waals surface area contributed by atoms with Gasteiger partial charge in [-0.1, -0.05) is 42.0 Å². The Hall–Kier alpha value is -4.52. The number of fused-ring (bicyclic) bond motifs is 1. The van der Waals surface area contributed by atoms with Gasteiger partial charge in [0.15, 0.2) is 22.9 Å². The number of benzene rings is 3. The maximum Gasteiger partial charge on any atom is 0.294 e. The fraction of sp³-hybridized carbons (Fsp3) is 0.143. The lowest BCUT2D eigenvalue weighted by Gasteiger charge is -2.27. The van der Waals surface area contributed by atoms with Crippen molar-refractivity contribution in [3.05, 3.63) is 101 Å². The minimum atomic E-state index is -0.849. The number of carbonyl (C=O) groups is 2. The van der Waals surface area contributed by atoms with Crippen LogP contribution in [0.1, 0.15) is 27.7 Å². The van der Waals surface area contributed by atoms with E-state index < -0.39 is 23.5 Å². The van der Waals surface area contributed by atoms with Crippen LogP contribution in [-0.4, -0.2) is 31.0 Å². The summed E-state index contributed by atoms with van der Waals surface area (Å²) in [6.07, 6.45) is 0. The summed E-state index contributed by atoms with van der Waals surface area (Å²) in [5.74, 6) is -0.734. The molecule has 0 bridgehead atoms. The minimum Gasteiger partial charge on any atom is -0.503 e. The number of hydrogen-bond acceptors (Lipinski definition) is 6. The predicted molar refractivity (Wildman–Crippen MR) is 131 cm³/mol. The maximum atomic E-state index is 13.8. The largest absolute Gasteiger partial charge is 0.503 e. The Morgan fingerprint density at radius 2 is 1.71 bits per heavy atom. The van der Waals surface area contributed by atoms with Gasteiger partial charge in [-0.15, -0.1) is 0 Å². The molecule has 1 atom stereocenters. The Morgan fingerprint density at radius 1 is 0.971 bits per heavy atom. The number of aliphatic hydroxyl groups is 1. The van der Waals surface area contributed by atoms with Crippen LogP contribution in [-0.2, 0) is 4.79 Å². The van der Waals surface area contributed by atoms with Crippen molar-refractivity contribution in [2.24, 2.45) is 0 Å². The highest BCUT2D eigenvalue weighted by Gasteiger charge is 2.45. The van der Waals surface area contributed by atoms with Crippen molar-refractivity contribution >= 4 is 28.3 Å². The van der Waals surface area contributed by atoms with Crippen LogP contribution in [0.25, 0.3) is 11.0 Å². The summed E-state index contributed by atoms with van der Waals surface area (Å²) in [5, 5.41) is 11.7. The Labute approximate surface area is 201 Å². The number of para-hydroxylation sites is 1. The average Bonchev–Trinajstić information content (AvgIpc) is 3.43. The third-order valence-electron chi connectivity index (χ3n) is 6.11. The van der Waals surface area contributed by atoms with Gasteiger partial charge in [0.2, 0.25) is 5.78 Å². The second-order valence-corrected chi connectivity index (χ2v) is 8.27. The molecule has 1 amide bonds. The van der Waals surface area contributed by atoms with Gasteiger partial charge in [-0.2, -0.15) is 0 Å². The van der Waals surface area contributed by atoms with Gasteiger partial charge in [-0.3, -0.25) is 14.5 Å². The number of carbonyl (C=O) groups excluding carboxylic acids is 2. The van der Waals surface area contributed by atoms with Crippen LogP contribution in [0.5, 0.6) is 11.5 Å².